The first-order valence-corrected chi connectivity index (χ1v) is 5.25. The van der Waals surface area contributed by atoms with Crippen molar-refractivity contribution in [3.8, 4) is 0 Å². The molecule has 0 aliphatic rings. The number of alkyl halides is 1. The third-order valence-corrected chi connectivity index (χ3v) is 2.95. The van der Waals surface area contributed by atoms with Gasteiger partial charge in [-0.15, -0.1) is 11.6 Å². The summed E-state index contributed by atoms with van der Waals surface area (Å²) in [6.45, 7) is 13.8. The average Bonchev–Trinajstić information content (AvgIpc) is 2.01. The van der Waals surface area contributed by atoms with Gasteiger partial charge in [0.25, 0.3) is 0 Å². The number of hydrogen-bond donors (Lipinski definition) is 0. The number of hydrogen-bond acceptors (Lipinski definition) is 1. The summed E-state index contributed by atoms with van der Waals surface area (Å²) in [6, 6.07) is 0.535. The molecule has 0 aliphatic heterocycles. The van der Waals surface area contributed by atoms with Crippen LogP contribution in [0.4, 0.5) is 0 Å². The van der Waals surface area contributed by atoms with E-state index >= 15 is 0 Å². The van der Waals surface area contributed by atoms with Crippen LogP contribution in [0.25, 0.3) is 0 Å². The molecule has 0 spiro atoms. The molecule has 0 aromatic rings. The Morgan fingerprint density at radius 3 is 2.23 bits per heavy atom. The minimum absolute atomic E-state index is 0.307. The molecule has 0 heterocycles. The SMILES string of the molecule is C=C(CCl)CN(C)C(C)C(C)(C)C. The van der Waals surface area contributed by atoms with E-state index in [4.69, 9.17) is 11.6 Å². The van der Waals surface area contributed by atoms with Gasteiger partial charge in [0.2, 0.25) is 0 Å². The standard InChI is InChI=1S/C11H22ClN/c1-9(7-12)8-13(6)10(2)11(3,4)5/h10H,1,7-8H2,2-6H3. The van der Waals surface area contributed by atoms with Crippen LogP contribution in [-0.2, 0) is 0 Å². The molecule has 2 heteroatoms. The zero-order chi connectivity index (χ0) is 10.6. The first-order chi connectivity index (χ1) is 5.79. The molecule has 1 atom stereocenters. The van der Waals surface area contributed by atoms with Gasteiger partial charge in [-0.1, -0.05) is 27.4 Å². The maximum absolute atomic E-state index is 5.69. The molecule has 0 aromatic carbocycles. The summed E-state index contributed by atoms with van der Waals surface area (Å²) >= 11 is 5.69. The van der Waals surface area contributed by atoms with Crippen LogP contribution in [0.15, 0.2) is 12.2 Å². The number of nitrogens with zero attached hydrogens (tertiary/aromatic N) is 1. The summed E-state index contributed by atoms with van der Waals surface area (Å²) < 4.78 is 0. The van der Waals surface area contributed by atoms with E-state index in [1.807, 2.05) is 0 Å². The lowest BCUT2D eigenvalue weighted by Gasteiger charge is -2.35. The van der Waals surface area contributed by atoms with Crippen LogP contribution in [0.5, 0.6) is 0 Å². The minimum atomic E-state index is 0.307. The van der Waals surface area contributed by atoms with Crippen molar-refractivity contribution in [2.24, 2.45) is 5.41 Å². The van der Waals surface area contributed by atoms with Gasteiger partial charge in [0.15, 0.2) is 0 Å². The second-order valence-electron chi connectivity index (χ2n) is 4.84. The molecular formula is C11H22ClN. The molecule has 0 amide bonds. The molecule has 0 aromatic heterocycles. The van der Waals surface area contributed by atoms with E-state index in [0.29, 0.717) is 17.3 Å². The van der Waals surface area contributed by atoms with Crippen LogP contribution in [0, 0.1) is 5.41 Å². The second kappa shape index (κ2) is 5.02. The van der Waals surface area contributed by atoms with E-state index in [1.54, 1.807) is 0 Å². The Hall–Kier alpha value is -0.0100. The fourth-order valence-electron chi connectivity index (χ4n) is 1.19. The first-order valence-electron chi connectivity index (χ1n) is 4.72. The molecule has 0 N–H and O–H groups in total. The van der Waals surface area contributed by atoms with Crippen molar-refractivity contribution in [3.05, 3.63) is 12.2 Å². The third-order valence-electron chi connectivity index (χ3n) is 2.58. The van der Waals surface area contributed by atoms with Crippen molar-refractivity contribution in [3.63, 3.8) is 0 Å². The van der Waals surface area contributed by atoms with Gasteiger partial charge in [0.05, 0.1) is 0 Å². The molecule has 0 saturated heterocycles. The topological polar surface area (TPSA) is 3.24 Å². The molecule has 0 rings (SSSR count). The lowest BCUT2D eigenvalue weighted by atomic mass is 9.87. The Labute approximate surface area is 87.8 Å². The maximum Gasteiger partial charge on any atom is 0.0443 e. The zero-order valence-electron chi connectivity index (χ0n) is 9.52. The molecular weight excluding hydrogens is 182 g/mol. The Balaban J connectivity index is 4.11. The smallest absolute Gasteiger partial charge is 0.0443 e. The third kappa shape index (κ3) is 4.68. The first kappa shape index (κ1) is 13.0. The van der Waals surface area contributed by atoms with Crippen molar-refractivity contribution in [1.82, 2.24) is 4.90 Å². The van der Waals surface area contributed by atoms with Gasteiger partial charge in [0.1, 0.15) is 0 Å². The normalized spacial score (nSPS) is 14.7. The largest absolute Gasteiger partial charge is 0.299 e. The van der Waals surface area contributed by atoms with E-state index in [-0.39, 0.29) is 0 Å². The van der Waals surface area contributed by atoms with Crippen LogP contribution < -0.4 is 0 Å². The maximum atomic E-state index is 5.69. The summed E-state index contributed by atoms with van der Waals surface area (Å²) in [5, 5.41) is 0. The molecule has 0 bridgehead atoms. The van der Waals surface area contributed by atoms with Gasteiger partial charge in [-0.3, -0.25) is 4.90 Å². The highest BCUT2D eigenvalue weighted by Gasteiger charge is 2.23. The summed E-state index contributed by atoms with van der Waals surface area (Å²) in [5.41, 5.74) is 1.39. The summed E-state index contributed by atoms with van der Waals surface area (Å²) in [4.78, 5) is 2.30. The summed E-state index contributed by atoms with van der Waals surface area (Å²) in [7, 11) is 2.12. The van der Waals surface area contributed by atoms with E-state index in [9.17, 15) is 0 Å². The summed E-state index contributed by atoms with van der Waals surface area (Å²) in [6.07, 6.45) is 0. The van der Waals surface area contributed by atoms with Crippen LogP contribution in [0.2, 0.25) is 0 Å². The van der Waals surface area contributed by atoms with Gasteiger partial charge in [0, 0.05) is 18.5 Å². The molecule has 1 unspecified atom stereocenters. The van der Waals surface area contributed by atoms with Crippen molar-refractivity contribution in [2.75, 3.05) is 19.5 Å². The van der Waals surface area contributed by atoms with E-state index in [2.05, 4.69) is 46.2 Å². The van der Waals surface area contributed by atoms with Gasteiger partial charge in [-0.05, 0) is 25.0 Å². The number of halogens is 1. The highest BCUT2D eigenvalue weighted by atomic mass is 35.5. The van der Waals surface area contributed by atoms with Gasteiger partial charge in [-0.25, -0.2) is 0 Å². The highest BCUT2D eigenvalue weighted by Crippen LogP contribution is 2.23. The molecule has 0 saturated carbocycles. The van der Waals surface area contributed by atoms with Crippen molar-refractivity contribution in [1.29, 1.82) is 0 Å². The van der Waals surface area contributed by atoms with Crippen LogP contribution in [0.3, 0.4) is 0 Å². The average molecular weight is 204 g/mol. The van der Waals surface area contributed by atoms with E-state index in [0.717, 1.165) is 12.1 Å². The van der Waals surface area contributed by atoms with Crippen molar-refractivity contribution < 1.29 is 0 Å². The molecule has 0 radical (unpaired) electrons. The minimum Gasteiger partial charge on any atom is -0.299 e. The lowest BCUT2D eigenvalue weighted by molar-refractivity contribution is 0.151. The predicted octanol–water partition coefficient (Wildman–Crippen LogP) is 3.15. The predicted molar refractivity (Wildman–Crippen MR) is 61.4 cm³/mol. The van der Waals surface area contributed by atoms with E-state index < -0.39 is 0 Å². The van der Waals surface area contributed by atoms with Crippen molar-refractivity contribution in [2.45, 2.75) is 33.7 Å². The molecule has 0 aliphatic carbocycles. The van der Waals surface area contributed by atoms with Gasteiger partial charge < -0.3 is 0 Å². The molecule has 13 heavy (non-hydrogen) atoms. The van der Waals surface area contributed by atoms with E-state index in [1.165, 1.54) is 0 Å². The number of rotatable bonds is 4. The quantitative estimate of drug-likeness (QED) is 0.501. The van der Waals surface area contributed by atoms with Crippen molar-refractivity contribution >= 4 is 11.6 Å². The van der Waals surface area contributed by atoms with Crippen LogP contribution >= 0.6 is 11.6 Å². The number of likely N-dealkylation sites (N-methyl/N-ethyl adjacent to an activating group) is 1. The second-order valence-corrected chi connectivity index (χ2v) is 5.11. The fraction of sp³-hybridized carbons (Fsp3) is 0.818. The van der Waals surface area contributed by atoms with Crippen LogP contribution in [-0.4, -0.2) is 30.4 Å². The monoisotopic (exact) mass is 203 g/mol. The lowest BCUT2D eigenvalue weighted by Crippen LogP contribution is -2.40. The van der Waals surface area contributed by atoms with Crippen LogP contribution in [0.1, 0.15) is 27.7 Å². The Kier molecular flexibility index (Phi) is 5.01. The summed E-state index contributed by atoms with van der Waals surface area (Å²) in [5.74, 6) is 0.557. The van der Waals surface area contributed by atoms with Gasteiger partial charge in [-0.2, -0.15) is 0 Å². The fourth-order valence-corrected chi connectivity index (χ4v) is 1.28. The zero-order valence-corrected chi connectivity index (χ0v) is 10.3. The molecule has 78 valence electrons. The Morgan fingerprint density at radius 1 is 1.46 bits per heavy atom. The molecule has 0 fully saturated rings. The Morgan fingerprint density at radius 2 is 1.92 bits per heavy atom. The molecule has 1 nitrogen and oxygen atoms in total. The Bertz CT molecular complexity index is 169. The van der Waals surface area contributed by atoms with Gasteiger partial charge >= 0.3 is 0 Å². The highest BCUT2D eigenvalue weighted by molar-refractivity contribution is 6.19.